The van der Waals surface area contributed by atoms with Crippen LogP contribution in [0.15, 0.2) is 30.3 Å². The van der Waals surface area contributed by atoms with Crippen LogP contribution in [-0.4, -0.2) is 31.9 Å². The molecule has 0 bridgehead atoms. The first kappa shape index (κ1) is 13.2. The van der Waals surface area contributed by atoms with Gasteiger partial charge in [-0.3, -0.25) is 0 Å². The topological polar surface area (TPSA) is 44.8 Å². The van der Waals surface area contributed by atoms with E-state index in [0.717, 1.165) is 11.8 Å². The van der Waals surface area contributed by atoms with Gasteiger partial charge in [0, 0.05) is 20.0 Å². The number of benzene rings is 1. The van der Waals surface area contributed by atoms with Crippen molar-refractivity contribution in [1.82, 2.24) is 0 Å². The fraction of sp³-hybridized carbons (Fsp3) is 0.500. The second kappa shape index (κ2) is 6.64. The maximum atomic E-state index is 10.8. The molecule has 0 aromatic heterocycles. The molecule has 0 N–H and O–H groups in total. The van der Waals surface area contributed by atoms with E-state index >= 15 is 0 Å². The lowest BCUT2D eigenvalue weighted by atomic mass is 10.1. The van der Waals surface area contributed by atoms with Gasteiger partial charge in [-0.1, -0.05) is 30.3 Å². The highest BCUT2D eigenvalue weighted by Crippen LogP contribution is 2.22. The van der Waals surface area contributed by atoms with Gasteiger partial charge in [0.1, 0.15) is 12.4 Å². The highest BCUT2D eigenvalue weighted by molar-refractivity contribution is 5.56. The van der Waals surface area contributed by atoms with Crippen molar-refractivity contribution in [2.45, 2.75) is 37.9 Å². The molecule has 4 heteroatoms. The van der Waals surface area contributed by atoms with Gasteiger partial charge in [0.15, 0.2) is 6.29 Å². The van der Waals surface area contributed by atoms with E-state index in [-0.39, 0.29) is 12.4 Å². The molecule has 98 valence electrons. The first-order valence-corrected chi connectivity index (χ1v) is 6.11. The van der Waals surface area contributed by atoms with Gasteiger partial charge in [0.05, 0.1) is 12.7 Å². The van der Waals surface area contributed by atoms with Crippen molar-refractivity contribution in [3.8, 4) is 0 Å². The molecule has 0 spiro atoms. The zero-order chi connectivity index (χ0) is 12.8. The summed E-state index contributed by atoms with van der Waals surface area (Å²) in [5.74, 6) is 0. The Kier molecular flexibility index (Phi) is 4.87. The van der Waals surface area contributed by atoms with Crippen LogP contribution >= 0.6 is 0 Å². The lowest BCUT2D eigenvalue weighted by molar-refractivity contribution is -0.207. The lowest BCUT2D eigenvalue weighted by Crippen LogP contribution is -2.38. The molecule has 1 aromatic rings. The van der Waals surface area contributed by atoms with E-state index in [0.29, 0.717) is 19.4 Å². The van der Waals surface area contributed by atoms with E-state index in [2.05, 4.69) is 0 Å². The van der Waals surface area contributed by atoms with Gasteiger partial charge in [-0.25, -0.2) is 0 Å². The SMILES string of the molecule is COC1C[C@H](OCc2ccccc2)C[C@@H](C=O)O1. The van der Waals surface area contributed by atoms with E-state index in [1.54, 1.807) is 7.11 Å². The predicted octanol–water partition coefficient (Wildman–Crippen LogP) is 1.92. The monoisotopic (exact) mass is 250 g/mol. The molecule has 1 aliphatic heterocycles. The van der Waals surface area contributed by atoms with E-state index < -0.39 is 6.10 Å². The molecule has 0 aliphatic carbocycles. The van der Waals surface area contributed by atoms with E-state index in [4.69, 9.17) is 14.2 Å². The number of rotatable bonds is 5. The molecule has 0 saturated carbocycles. The summed E-state index contributed by atoms with van der Waals surface area (Å²) in [5, 5.41) is 0. The summed E-state index contributed by atoms with van der Waals surface area (Å²) in [7, 11) is 1.58. The van der Waals surface area contributed by atoms with Gasteiger partial charge in [-0.15, -0.1) is 0 Å². The number of aldehydes is 1. The average molecular weight is 250 g/mol. The highest BCUT2D eigenvalue weighted by Gasteiger charge is 2.29. The molecule has 0 amide bonds. The zero-order valence-electron chi connectivity index (χ0n) is 10.5. The second-order valence-electron chi connectivity index (χ2n) is 4.37. The van der Waals surface area contributed by atoms with Crippen molar-refractivity contribution in [3.05, 3.63) is 35.9 Å². The summed E-state index contributed by atoms with van der Waals surface area (Å²) in [4.78, 5) is 10.8. The van der Waals surface area contributed by atoms with Crippen LogP contribution in [0.4, 0.5) is 0 Å². The number of methoxy groups -OCH3 is 1. The molecule has 1 aromatic carbocycles. The number of ether oxygens (including phenoxy) is 3. The van der Waals surface area contributed by atoms with E-state index in [1.165, 1.54) is 0 Å². The van der Waals surface area contributed by atoms with Crippen LogP contribution in [0.5, 0.6) is 0 Å². The van der Waals surface area contributed by atoms with Crippen molar-refractivity contribution in [1.29, 1.82) is 0 Å². The molecule has 2 rings (SSSR count). The molecule has 1 unspecified atom stereocenters. The minimum atomic E-state index is -0.426. The van der Waals surface area contributed by atoms with Crippen LogP contribution in [0.1, 0.15) is 18.4 Å². The first-order chi connectivity index (χ1) is 8.81. The van der Waals surface area contributed by atoms with Gasteiger partial charge < -0.3 is 19.0 Å². The molecule has 4 nitrogen and oxygen atoms in total. The predicted molar refractivity (Wildman–Crippen MR) is 66.0 cm³/mol. The Morgan fingerprint density at radius 1 is 1.33 bits per heavy atom. The van der Waals surface area contributed by atoms with Crippen LogP contribution in [0.25, 0.3) is 0 Å². The molecule has 18 heavy (non-hydrogen) atoms. The fourth-order valence-electron chi connectivity index (χ4n) is 2.04. The molecule has 3 atom stereocenters. The van der Waals surface area contributed by atoms with Gasteiger partial charge in [-0.05, 0) is 5.56 Å². The third kappa shape index (κ3) is 3.63. The molecule has 1 fully saturated rings. The molecule has 1 heterocycles. The largest absolute Gasteiger partial charge is 0.373 e. The number of hydrogen-bond donors (Lipinski definition) is 0. The smallest absolute Gasteiger partial charge is 0.160 e. The number of carbonyl (C=O) groups is 1. The van der Waals surface area contributed by atoms with Crippen molar-refractivity contribution in [2.24, 2.45) is 0 Å². The summed E-state index contributed by atoms with van der Waals surface area (Å²) < 4.78 is 16.4. The Morgan fingerprint density at radius 2 is 2.11 bits per heavy atom. The van der Waals surface area contributed by atoms with Gasteiger partial charge in [0.2, 0.25) is 0 Å². The second-order valence-corrected chi connectivity index (χ2v) is 4.37. The van der Waals surface area contributed by atoms with Crippen LogP contribution in [-0.2, 0) is 25.6 Å². The summed E-state index contributed by atoms with van der Waals surface area (Å²) in [6, 6.07) is 9.97. The molecular weight excluding hydrogens is 232 g/mol. The summed E-state index contributed by atoms with van der Waals surface area (Å²) in [6.07, 6.45) is 1.28. The van der Waals surface area contributed by atoms with E-state index in [1.807, 2.05) is 30.3 Å². The molecular formula is C14H18O4. The van der Waals surface area contributed by atoms with Crippen LogP contribution in [0.2, 0.25) is 0 Å². The van der Waals surface area contributed by atoms with Gasteiger partial charge in [-0.2, -0.15) is 0 Å². The van der Waals surface area contributed by atoms with Gasteiger partial charge >= 0.3 is 0 Å². The van der Waals surface area contributed by atoms with Crippen molar-refractivity contribution < 1.29 is 19.0 Å². The van der Waals surface area contributed by atoms with Crippen molar-refractivity contribution in [2.75, 3.05) is 7.11 Å². The quantitative estimate of drug-likeness (QED) is 0.749. The summed E-state index contributed by atoms with van der Waals surface area (Å²) in [5.41, 5.74) is 1.13. The van der Waals surface area contributed by atoms with Crippen LogP contribution in [0, 0.1) is 0 Å². The fourth-order valence-corrected chi connectivity index (χ4v) is 2.04. The Balaban J connectivity index is 1.86. The maximum absolute atomic E-state index is 10.8. The van der Waals surface area contributed by atoms with Crippen LogP contribution < -0.4 is 0 Å². The summed E-state index contributed by atoms with van der Waals surface area (Å²) >= 11 is 0. The maximum Gasteiger partial charge on any atom is 0.160 e. The Labute approximate surface area is 107 Å². The van der Waals surface area contributed by atoms with E-state index in [9.17, 15) is 4.79 Å². The Morgan fingerprint density at radius 3 is 2.78 bits per heavy atom. The Bertz CT molecular complexity index is 365. The van der Waals surface area contributed by atoms with Gasteiger partial charge in [0.25, 0.3) is 0 Å². The highest BCUT2D eigenvalue weighted by atomic mass is 16.7. The molecule has 1 saturated heterocycles. The third-order valence-corrected chi connectivity index (χ3v) is 3.02. The van der Waals surface area contributed by atoms with Crippen molar-refractivity contribution >= 4 is 6.29 Å². The molecule has 0 radical (unpaired) electrons. The Hall–Kier alpha value is -1.23. The minimum absolute atomic E-state index is 0.000828. The minimum Gasteiger partial charge on any atom is -0.373 e. The first-order valence-electron chi connectivity index (χ1n) is 6.11. The zero-order valence-corrected chi connectivity index (χ0v) is 10.5. The van der Waals surface area contributed by atoms with Crippen LogP contribution in [0.3, 0.4) is 0 Å². The average Bonchev–Trinajstić information content (AvgIpc) is 2.45. The summed E-state index contributed by atoms with van der Waals surface area (Å²) in [6.45, 7) is 0.549. The lowest BCUT2D eigenvalue weighted by Gasteiger charge is -2.32. The number of hydrogen-bond acceptors (Lipinski definition) is 4. The van der Waals surface area contributed by atoms with Crippen molar-refractivity contribution in [3.63, 3.8) is 0 Å². The normalized spacial score (nSPS) is 27.9. The standard InChI is InChI=1S/C14H18O4/c1-16-14-8-12(7-13(9-15)18-14)17-10-11-5-3-2-4-6-11/h2-6,9,12-14H,7-8,10H2,1H3/t12-,13+,14?/m1/s1. The number of carbonyl (C=O) groups excluding carboxylic acids is 1. The third-order valence-electron chi connectivity index (χ3n) is 3.02. The molecule has 1 aliphatic rings.